The van der Waals surface area contributed by atoms with Crippen molar-refractivity contribution in [3.05, 3.63) is 12.2 Å². The van der Waals surface area contributed by atoms with E-state index in [4.69, 9.17) is 0 Å². The molecule has 1 rings (SSSR count). The van der Waals surface area contributed by atoms with Gasteiger partial charge in [0.25, 0.3) is 0 Å². The predicted octanol–water partition coefficient (Wildman–Crippen LogP) is 0.993. The third-order valence-electron chi connectivity index (χ3n) is 1.05. The summed E-state index contributed by atoms with van der Waals surface area (Å²) in [6.45, 7) is 1.95. The molecule has 0 unspecified atom stereocenters. The van der Waals surface area contributed by atoms with Crippen LogP contribution in [0.5, 0.6) is 0 Å². The molecule has 1 aliphatic rings. The van der Waals surface area contributed by atoms with E-state index in [2.05, 4.69) is 0 Å². The van der Waals surface area contributed by atoms with Gasteiger partial charge in [-0.3, -0.25) is 0 Å². The maximum Gasteiger partial charge on any atom is 0.0945 e. The molecule has 0 aromatic heterocycles. The van der Waals surface area contributed by atoms with Crippen LogP contribution in [0.25, 0.3) is 0 Å². The molecule has 0 heterocycles. The minimum atomic E-state index is -0.0139. The Labute approximate surface area is 37.3 Å². The van der Waals surface area contributed by atoms with E-state index in [1.807, 2.05) is 19.1 Å². The molecule has 0 spiro atoms. The molecule has 1 heteroatoms. The quantitative estimate of drug-likeness (QED) is 0.421. The van der Waals surface area contributed by atoms with Gasteiger partial charge in [0.05, 0.1) is 6.61 Å². The molecule has 0 saturated carbocycles. The molecule has 0 fully saturated rings. The lowest BCUT2D eigenvalue weighted by molar-refractivity contribution is 0.152. The van der Waals surface area contributed by atoms with Crippen LogP contribution in [0.1, 0.15) is 6.92 Å². The van der Waals surface area contributed by atoms with E-state index in [0.717, 1.165) is 0 Å². The van der Waals surface area contributed by atoms with Crippen LogP contribution in [-0.2, 0) is 5.11 Å². The first-order valence-corrected chi connectivity index (χ1v) is 2.05. The van der Waals surface area contributed by atoms with Crippen LogP contribution in [0.3, 0.4) is 0 Å². The normalized spacial score (nSPS) is 24.3. The van der Waals surface area contributed by atoms with Crippen LogP contribution in [0.4, 0.5) is 0 Å². The van der Waals surface area contributed by atoms with E-state index in [-0.39, 0.29) is 12.0 Å². The van der Waals surface area contributed by atoms with Crippen molar-refractivity contribution >= 4 is 0 Å². The van der Waals surface area contributed by atoms with Crippen molar-refractivity contribution in [3.8, 4) is 0 Å². The average Bonchev–Trinajstić information content (AvgIpc) is 2.22. The summed E-state index contributed by atoms with van der Waals surface area (Å²) >= 11 is 0. The first-order valence-electron chi connectivity index (χ1n) is 2.05. The maximum absolute atomic E-state index is 9.95. The summed E-state index contributed by atoms with van der Waals surface area (Å²) in [7, 11) is 0. The van der Waals surface area contributed by atoms with Crippen molar-refractivity contribution in [2.45, 2.75) is 6.92 Å². The molecule has 6 heavy (non-hydrogen) atoms. The van der Waals surface area contributed by atoms with Crippen molar-refractivity contribution < 1.29 is 5.11 Å². The van der Waals surface area contributed by atoms with E-state index in [0.29, 0.717) is 0 Å². The molecule has 1 radical (unpaired) electrons. The Balaban J connectivity index is 2.32. The van der Waals surface area contributed by atoms with Gasteiger partial charge < -0.3 is 0 Å². The number of hydrogen-bond acceptors (Lipinski definition) is 0. The second-order valence-corrected chi connectivity index (χ2v) is 1.98. The average molecular weight is 83.1 g/mol. The largest absolute Gasteiger partial charge is 0.235 e. The van der Waals surface area contributed by atoms with Gasteiger partial charge >= 0.3 is 0 Å². The van der Waals surface area contributed by atoms with E-state index in [1.54, 1.807) is 0 Å². The molecular formula is C5H7O. The van der Waals surface area contributed by atoms with Crippen LogP contribution in [0.15, 0.2) is 12.2 Å². The lowest BCUT2D eigenvalue weighted by atomic mass is 10.1. The van der Waals surface area contributed by atoms with Gasteiger partial charge in [0.15, 0.2) is 0 Å². The highest BCUT2D eigenvalue weighted by Gasteiger charge is 2.26. The standard InChI is InChI=1S/C5H7O/c1-5(4-6)2-3-5/h2-3H,4H2,1H3. The topological polar surface area (TPSA) is 19.9 Å². The highest BCUT2D eigenvalue weighted by Crippen LogP contribution is 2.32. The molecule has 0 bridgehead atoms. The zero-order valence-electron chi connectivity index (χ0n) is 3.77. The van der Waals surface area contributed by atoms with Gasteiger partial charge in [0.2, 0.25) is 0 Å². The Bertz CT molecular complexity index is 77.9. The molecule has 33 valence electrons. The first kappa shape index (κ1) is 3.88. The zero-order valence-corrected chi connectivity index (χ0v) is 3.77. The van der Waals surface area contributed by atoms with Crippen LogP contribution >= 0.6 is 0 Å². The molecule has 1 aliphatic carbocycles. The van der Waals surface area contributed by atoms with Gasteiger partial charge in [0.1, 0.15) is 0 Å². The Morgan fingerprint density at radius 2 is 2.17 bits per heavy atom. The fraction of sp³-hybridized carbons (Fsp3) is 0.600. The van der Waals surface area contributed by atoms with Crippen LogP contribution in [-0.4, -0.2) is 6.61 Å². The lowest BCUT2D eigenvalue weighted by Crippen LogP contribution is -1.98. The minimum absolute atomic E-state index is 0.0139. The molecule has 0 N–H and O–H groups in total. The third kappa shape index (κ3) is 0.455. The van der Waals surface area contributed by atoms with Crippen molar-refractivity contribution in [2.24, 2.45) is 5.41 Å². The summed E-state index contributed by atoms with van der Waals surface area (Å²) < 4.78 is 0. The van der Waals surface area contributed by atoms with Gasteiger partial charge in [-0.2, -0.15) is 0 Å². The van der Waals surface area contributed by atoms with E-state index >= 15 is 0 Å². The maximum atomic E-state index is 9.95. The zero-order chi connectivity index (χ0) is 4.62. The summed E-state index contributed by atoms with van der Waals surface area (Å²) in [4.78, 5) is 0. The van der Waals surface area contributed by atoms with Crippen molar-refractivity contribution in [1.29, 1.82) is 0 Å². The minimum Gasteiger partial charge on any atom is -0.235 e. The smallest absolute Gasteiger partial charge is 0.0945 e. The highest BCUT2D eigenvalue weighted by molar-refractivity contribution is 5.23. The molecular weight excluding hydrogens is 76.1 g/mol. The highest BCUT2D eigenvalue weighted by atomic mass is 16.3. The van der Waals surface area contributed by atoms with Gasteiger partial charge in [0, 0.05) is 5.41 Å². The molecule has 0 aromatic carbocycles. The Morgan fingerprint density at radius 3 is 2.17 bits per heavy atom. The van der Waals surface area contributed by atoms with Gasteiger partial charge in [-0.15, -0.1) is 0 Å². The lowest BCUT2D eigenvalue weighted by Gasteiger charge is -1.95. The second kappa shape index (κ2) is 0.850. The third-order valence-corrected chi connectivity index (χ3v) is 1.05. The Kier molecular flexibility index (Phi) is 0.549. The van der Waals surface area contributed by atoms with Gasteiger partial charge in [-0.1, -0.05) is 19.1 Å². The molecule has 0 aliphatic heterocycles. The van der Waals surface area contributed by atoms with Crippen LogP contribution in [0, 0.1) is 5.41 Å². The summed E-state index contributed by atoms with van der Waals surface area (Å²) in [5.41, 5.74) is -0.0139. The molecule has 0 saturated heterocycles. The Morgan fingerprint density at radius 1 is 1.67 bits per heavy atom. The molecule has 1 nitrogen and oxygen atoms in total. The summed E-state index contributed by atoms with van der Waals surface area (Å²) in [6.07, 6.45) is 3.86. The van der Waals surface area contributed by atoms with E-state index in [1.165, 1.54) is 0 Å². The van der Waals surface area contributed by atoms with Gasteiger partial charge in [-0.25, -0.2) is 5.11 Å². The monoisotopic (exact) mass is 83.0 g/mol. The number of rotatable bonds is 1. The van der Waals surface area contributed by atoms with Gasteiger partial charge in [-0.05, 0) is 0 Å². The Hall–Kier alpha value is -0.300. The van der Waals surface area contributed by atoms with Crippen molar-refractivity contribution in [3.63, 3.8) is 0 Å². The van der Waals surface area contributed by atoms with Crippen LogP contribution < -0.4 is 0 Å². The fourth-order valence-corrected chi connectivity index (χ4v) is 0.238. The molecule has 0 aromatic rings. The molecule has 0 atom stereocenters. The summed E-state index contributed by atoms with van der Waals surface area (Å²) in [5.74, 6) is 0. The second-order valence-electron chi connectivity index (χ2n) is 1.98. The summed E-state index contributed by atoms with van der Waals surface area (Å²) in [5, 5.41) is 9.95. The predicted molar refractivity (Wildman–Crippen MR) is 22.8 cm³/mol. The molecule has 0 amide bonds. The van der Waals surface area contributed by atoms with E-state index < -0.39 is 0 Å². The number of hydrogen-bond donors (Lipinski definition) is 0. The summed E-state index contributed by atoms with van der Waals surface area (Å²) in [6, 6.07) is 0. The fourth-order valence-electron chi connectivity index (χ4n) is 0.238. The van der Waals surface area contributed by atoms with Crippen molar-refractivity contribution in [2.75, 3.05) is 6.61 Å². The van der Waals surface area contributed by atoms with E-state index in [9.17, 15) is 5.11 Å². The van der Waals surface area contributed by atoms with Crippen molar-refractivity contribution in [1.82, 2.24) is 0 Å². The first-order chi connectivity index (χ1) is 2.77. The van der Waals surface area contributed by atoms with Crippen LogP contribution in [0.2, 0.25) is 0 Å². The SMILES string of the molecule is CC1(C[O])C=C1.